The van der Waals surface area contributed by atoms with Gasteiger partial charge in [-0.3, -0.25) is 4.40 Å². The van der Waals surface area contributed by atoms with Crippen molar-refractivity contribution in [2.24, 2.45) is 5.73 Å². The van der Waals surface area contributed by atoms with Gasteiger partial charge in [0.15, 0.2) is 11.4 Å². The third-order valence-electron chi connectivity index (χ3n) is 8.78. The predicted octanol–water partition coefficient (Wildman–Crippen LogP) is 5.20. The van der Waals surface area contributed by atoms with Crippen molar-refractivity contribution < 1.29 is 14.2 Å². The SMILES string of the molecule is NC1(c2ccc(-c3nc4ccn5c(C6CCOCC6)nnc5c4cc3-c3ccccc3)cc2)CC2(C1)OCCO2. The molecule has 1 aliphatic carbocycles. The van der Waals surface area contributed by atoms with Gasteiger partial charge in [0.2, 0.25) is 0 Å². The Morgan fingerprint density at radius 3 is 2.33 bits per heavy atom. The number of aromatic nitrogens is 4. The number of ether oxygens (including phenoxy) is 3. The molecule has 8 rings (SSSR count). The number of benzene rings is 2. The zero-order valence-corrected chi connectivity index (χ0v) is 22.3. The molecule has 2 saturated heterocycles. The van der Waals surface area contributed by atoms with Crippen LogP contribution < -0.4 is 5.73 Å². The van der Waals surface area contributed by atoms with Gasteiger partial charge in [0.25, 0.3) is 0 Å². The van der Waals surface area contributed by atoms with Gasteiger partial charge >= 0.3 is 0 Å². The average Bonchev–Trinajstić information content (AvgIpc) is 3.65. The van der Waals surface area contributed by atoms with Gasteiger partial charge in [-0.05, 0) is 36.1 Å². The van der Waals surface area contributed by atoms with Crippen LogP contribution in [0.1, 0.15) is 43.0 Å². The highest BCUT2D eigenvalue weighted by molar-refractivity contribution is 5.98. The molecule has 40 heavy (non-hydrogen) atoms. The van der Waals surface area contributed by atoms with Crippen molar-refractivity contribution in [2.75, 3.05) is 26.4 Å². The minimum absolute atomic E-state index is 0.351. The number of hydrogen-bond donors (Lipinski definition) is 1. The van der Waals surface area contributed by atoms with Crippen molar-refractivity contribution in [2.45, 2.75) is 42.9 Å². The molecular weight excluding hydrogens is 502 g/mol. The Balaban J connectivity index is 1.21. The minimum Gasteiger partial charge on any atom is -0.381 e. The fraction of sp³-hybridized carbons (Fsp3) is 0.344. The van der Waals surface area contributed by atoms with Gasteiger partial charge in [-0.25, -0.2) is 4.98 Å². The van der Waals surface area contributed by atoms with Gasteiger partial charge in [0.1, 0.15) is 5.82 Å². The van der Waals surface area contributed by atoms with E-state index in [4.69, 9.17) is 24.9 Å². The second-order valence-corrected chi connectivity index (χ2v) is 11.3. The van der Waals surface area contributed by atoms with Gasteiger partial charge in [-0.15, -0.1) is 10.2 Å². The number of pyridine rings is 2. The molecule has 2 N–H and O–H groups in total. The summed E-state index contributed by atoms with van der Waals surface area (Å²) in [6.07, 6.45) is 5.33. The Kier molecular flexibility index (Phi) is 5.54. The predicted molar refractivity (Wildman–Crippen MR) is 152 cm³/mol. The lowest BCUT2D eigenvalue weighted by atomic mass is 9.68. The van der Waals surface area contributed by atoms with Crippen LogP contribution in [0.2, 0.25) is 0 Å². The fourth-order valence-electron chi connectivity index (χ4n) is 6.68. The van der Waals surface area contributed by atoms with E-state index in [9.17, 15) is 0 Å². The number of nitrogens with zero attached hydrogens (tertiary/aromatic N) is 4. The highest BCUT2D eigenvalue weighted by Gasteiger charge is 2.57. The first kappa shape index (κ1) is 24.1. The molecule has 0 radical (unpaired) electrons. The quantitative estimate of drug-likeness (QED) is 0.339. The summed E-state index contributed by atoms with van der Waals surface area (Å²) < 4.78 is 19.4. The molecule has 8 heteroatoms. The van der Waals surface area contributed by atoms with Crippen molar-refractivity contribution >= 4 is 16.6 Å². The maximum atomic E-state index is 6.77. The molecule has 3 aliphatic rings. The summed E-state index contributed by atoms with van der Waals surface area (Å²) in [6.45, 7) is 2.82. The Labute approximate surface area is 232 Å². The third-order valence-corrected chi connectivity index (χ3v) is 8.78. The molecule has 8 nitrogen and oxygen atoms in total. The Bertz CT molecular complexity index is 1700. The minimum atomic E-state index is -0.495. The summed E-state index contributed by atoms with van der Waals surface area (Å²) in [5.41, 5.74) is 13.3. The number of nitrogens with two attached hydrogens (primary N) is 1. The van der Waals surface area contributed by atoms with Crippen molar-refractivity contribution in [1.29, 1.82) is 0 Å². The molecule has 5 heterocycles. The lowest BCUT2D eigenvalue weighted by Gasteiger charge is -2.50. The molecule has 1 saturated carbocycles. The lowest BCUT2D eigenvalue weighted by Crippen LogP contribution is -2.60. The molecular formula is C32H31N5O3. The molecule has 2 aromatic carbocycles. The van der Waals surface area contributed by atoms with E-state index in [1.54, 1.807) is 0 Å². The van der Waals surface area contributed by atoms with Crippen LogP contribution in [-0.4, -0.2) is 51.8 Å². The Hall–Kier alpha value is -3.69. The van der Waals surface area contributed by atoms with Crippen LogP contribution in [0.15, 0.2) is 72.9 Å². The molecule has 0 unspecified atom stereocenters. The maximum Gasteiger partial charge on any atom is 0.172 e. The standard InChI is InChI=1S/C32H31N5O3/c33-31(19-32(20-31)39-16-17-40-32)24-8-6-22(7-9-24)28-25(21-4-2-1-3-5-21)18-26-27(34-28)10-13-37-29(35-36-30(26)37)23-11-14-38-15-12-23/h1-10,13,18,23H,11-12,14-17,19-20,33H2. The number of hydrogen-bond acceptors (Lipinski definition) is 7. The zero-order valence-electron chi connectivity index (χ0n) is 22.3. The maximum absolute atomic E-state index is 6.77. The van der Waals surface area contributed by atoms with E-state index < -0.39 is 11.3 Å². The fourth-order valence-corrected chi connectivity index (χ4v) is 6.68. The van der Waals surface area contributed by atoms with E-state index in [-0.39, 0.29) is 0 Å². The van der Waals surface area contributed by atoms with Crippen molar-refractivity contribution in [3.8, 4) is 22.4 Å². The molecule has 3 aromatic heterocycles. The summed E-state index contributed by atoms with van der Waals surface area (Å²) in [5.74, 6) is 0.859. The zero-order chi connectivity index (χ0) is 26.7. The summed E-state index contributed by atoms with van der Waals surface area (Å²) >= 11 is 0. The molecule has 1 spiro atoms. The summed E-state index contributed by atoms with van der Waals surface area (Å²) in [6, 6.07) is 23.2. The third kappa shape index (κ3) is 3.86. The van der Waals surface area contributed by atoms with E-state index in [1.165, 1.54) is 0 Å². The molecule has 0 atom stereocenters. The van der Waals surface area contributed by atoms with Crippen LogP contribution in [0, 0.1) is 0 Å². The van der Waals surface area contributed by atoms with Crippen molar-refractivity contribution in [3.63, 3.8) is 0 Å². The van der Waals surface area contributed by atoms with Crippen molar-refractivity contribution in [1.82, 2.24) is 19.6 Å². The molecule has 202 valence electrons. The average molecular weight is 534 g/mol. The van der Waals surface area contributed by atoms with Gasteiger partial charge in [0, 0.05) is 54.7 Å². The molecule has 5 aromatic rings. The number of fused-ring (bicyclic) bond motifs is 3. The lowest BCUT2D eigenvalue weighted by molar-refractivity contribution is -0.239. The second kappa shape index (κ2) is 9.17. The normalized spacial score (nSPS) is 20.3. The topological polar surface area (TPSA) is 96.8 Å². The number of rotatable bonds is 4. The second-order valence-electron chi connectivity index (χ2n) is 11.3. The van der Waals surface area contributed by atoms with Gasteiger partial charge in [0.05, 0.1) is 30.0 Å². The Morgan fingerprint density at radius 2 is 1.57 bits per heavy atom. The van der Waals surface area contributed by atoms with E-state index in [1.807, 2.05) is 6.07 Å². The summed E-state index contributed by atoms with van der Waals surface area (Å²) in [7, 11) is 0. The monoisotopic (exact) mass is 533 g/mol. The Morgan fingerprint density at radius 1 is 0.825 bits per heavy atom. The van der Waals surface area contributed by atoms with Gasteiger partial charge < -0.3 is 19.9 Å². The first-order valence-corrected chi connectivity index (χ1v) is 14.1. The van der Waals surface area contributed by atoms with Crippen LogP contribution >= 0.6 is 0 Å². The molecule has 0 amide bonds. The smallest absolute Gasteiger partial charge is 0.172 e. The van der Waals surface area contributed by atoms with Crippen LogP contribution in [0.3, 0.4) is 0 Å². The van der Waals surface area contributed by atoms with Crippen molar-refractivity contribution in [3.05, 3.63) is 84.3 Å². The van der Waals surface area contributed by atoms with Gasteiger partial charge in [-0.1, -0.05) is 54.6 Å². The highest BCUT2D eigenvalue weighted by Crippen LogP contribution is 2.51. The first-order valence-electron chi connectivity index (χ1n) is 14.1. The first-order chi connectivity index (χ1) is 19.6. The summed E-state index contributed by atoms with van der Waals surface area (Å²) in [4.78, 5) is 5.21. The summed E-state index contributed by atoms with van der Waals surface area (Å²) in [5, 5.41) is 10.3. The van der Waals surface area contributed by atoms with Gasteiger partial charge in [-0.2, -0.15) is 0 Å². The molecule has 0 bridgehead atoms. The van der Waals surface area contributed by atoms with E-state index in [0.717, 1.165) is 76.4 Å². The van der Waals surface area contributed by atoms with Crippen LogP contribution in [0.4, 0.5) is 0 Å². The highest BCUT2D eigenvalue weighted by atomic mass is 16.7. The van der Waals surface area contributed by atoms with Crippen LogP contribution in [-0.2, 0) is 19.7 Å². The van der Waals surface area contributed by atoms with E-state index in [2.05, 4.69) is 81.5 Å². The van der Waals surface area contributed by atoms with Crippen LogP contribution in [0.25, 0.3) is 38.9 Å². The van der Waals surface area contributed by atoms with E-state index >= 15 is 0 Å². The molecule has 2 aliphatic heterocycles. The van der Waals surface area contributed by atoms with E-state index in [0.29, 0.717) is 32.0 Å². The van der Waals surface area contributed by atoms with Crippen LogP contribution in [0.5, 0.6) is 0 Å². The largest absolute Gasteiger partial charge is 0.381 e. The molecule has 3 fully saturated rings.